The van der Waals surface area contributed by atoms with E-state index in [1.807, 2.05) is 36.3 Å². The standard InChI is InChI=1S/C16H21NO3S/c1-11-4-5-13(21-3)10-14(11)15(18)17-8-6-12(7-9-17)16(19)20-2/h4-5,10,12H,6-9H2,1-3H3. The summed E-state index contributed by atoms with van der Waals surface area (Å²) in [5.74, 6) is -0.174. The Balaban J connectivity index is 2.07. The molecular formula is C16H21NO3S. The number of likely N-dealkylation sites (tertiary alicyclic amines) is 1. The van der Waals surface area contributed by atoms with Gasteiger partial charge in [-0.15, -0.1) is 11.8 Å². The van der Waals surface area contributed by atoms with E-state index >= 15 is 0 Å². The summed E-state index contributed by atoms with van der Waals surface area (Å²) in [4.78, 5) is 27.1. The molecule has 0 atom stereocenters. The van der Waals surface area contributed by atoms with Gasteiger partial charge in [0.05, 0.1) is 13.0 Å². The number of nitrogens with zero attached hydrogens (tertiary/aromatic N) is 1. The Morgan fingerprint density at radius 2 is 1.95 bits per heavy atom. The summed E-state index contributed by atoms with van der Waals surface area (Å²) in [6, 6.07) is 5.97. The number of hydrogen-bond acceptors (Lipinski definition) is 4. The minimum atomic E-state index is -0.164. The molecule has 1 aromatic rings. The zero-order valence-corrected chi connectivity index (χ0v) is 13.5. The zero-order valence-electron chi connectivity index (χ0n) is 12.7. The summed E-state index contributed by atoms with van der Waals surface area (Å²) >= 11 is 1.63. The molecule has 114 valence electrons. The molecule has 0 unspecified atom stereocenters. The van der Waals surface area contributed by atoms with Crippen molar-refractivity contribution in [1.29, 1.82) is 0 Å². The normalized spacial score (nSPS) is 15.9. The van der Waals surface area contributed by atoms with E-state index in [1.165, 1.54) is 7.11 Å². The monoisotopic (exact) mass is 307 g/mol. The summed E-state index contributed by atoms with van der Waals surface area (Å²) in [5, 5.41) is 0. The number of methoxy groups -OCH3 is 1. The highest BCUT2D eigenvalue weighted by Gasteiger charge is 2.28. The molecule has 2 rings (SSSR count). The third kappa shape index (κ3) is 3.59. The van der Waals surface area contributed by atoms with Crippen LogP contribution in [0.25, 0.3) is 0 Å². The molecule has 1 saturated heterocycles. The fourth-order valence-corrected chi connectivity index (χ4v) is 3.05. The molecule has 0 radical (unpaired) electrons. The summed E-state index contributed by atoms with van der Waals surface area (Å²) in [6.45, 7) is 3.18. The Labute approximate surface area is 129 Å². The fraction of sp³-hybridized carbons (Fsp3) is 0.500. The van der Waals surface area contributed by atoms with E-state index < -0.39 is 0 Å². The Kier molecular flexibility index (Phi) is 5.28. The Morgan fingerprint density at radius 3 is 2.52 bits per heavy atom. The largest absolute Gasteiger partial charge is 0.469 e. The van der Waals surface area contributed by atoms with Gasteiger partial charge >= 0.3 is 5.97 Å². The third-order valence-corrected chi connectivity index (χ3v) is 4.72. The predicted octanol–water partition coefficient (Wildman–Crippen LogP) is 2.74. The van der Waals surface area contributed by atoms with Gasteiger partial charge < -0.3 is 9.64 Å². The molecule has 0 spiro atoms. The van der Waals surface area contributed by atoms with Gasteiger partial charge in [-0.3, -0.25) is 9.59 Å². The average Bonchev–Trinajstić information content (AvgIpc) is 2.54. The van der Waals surface area contributed by atoms with E-state index in [2.05, 4.69) is 0 Å². The molecule has 1 amide bonds. The topological polar surface area (TPSA) is 46.6 Å². The Morgan fingerprint density at radius 1 is 1.29 bits per heavy atom. The van der Waals surface area contributed by atoms with Crippen LogP contribution in [0, 0.1) is 12.8 Å². The summed E-state index contributed by atoms with van der Waals surface area (Å²) in [5.41, 5.74) is 1.76. The van der Waals surface area contributed by atoms with E-state index in [0.29, 0.717) is 25.9 Å². The second-order valence-electron chi connectivity index (χ2n) is 5.27. The van der Waals surface area contributed by atoms with Crippen LogP contribution in [0.1, 0.15) is 28.8 Å². The number of aryl methyl sites for hydroxylation is 1. The van der Waals surface area contributed by atoms with Crippen molar-refractivity contribution in [2.45, 2.75) is 24.7 Å². The highest BCUT2D eigenvalue weighted by atomic mass is 32.2. The quantitative estimate of drug-likeness (QED) is 0.636. The highest BCUT2D eigenvalue weighted by Crippen LogP contribution is 2.24. The van der Waals surface area contributed by atoms with Crippen molar-refractivity contribution in [2.75, 3.05) is 26.5 Å². The minimum absolute atomic E-state index is 0.0618. The number of rotatable bonds is 3. The van der Waals surface area contributed by atoms with Gasteiger partial charge in [-0.2, -0.15) is 0 Å². The van der Waals surface area contributed by atoms with E-state index in [9.17, 15) is 9.59 Å². The van der Waals surface area contributed by atoms with Crippen LogP contribution in [0.3, 0.4) is 0 Å². The van der Waals surface area contributed by atoms with Crippen molar-refractivity contribution in [3.05, 3.63) is 29.3 Å². The second-order valence-corrected chi connectivity index (χ2v) is 6.15. The zero-order chi connectivity index (χ0) is 15.4. The molecule has 0 saturated carbocycles. The number of esters is 1. The van der Waals surface area contributed by atoms with Crippen LogP contribution in [0.4, 0.5) is 0 Å². The lowest BCUT2D eigenvalue weighted by Crippen LogP contribution is -2.40. The van der Waals surface area contributed by atoms with E-state index in [4.69, 9.17) is 4.74 Å². The Hall–Kier alpha value is -1.49. The molecule has 0 N–H and O–H groups in total. The molecule has 1 fully saturated rings. The van der Waals surface area contributed by atoms with Crippen LogP contribution >= 0.6 is 11.8 Å². The summed E-state index contributed by atoms with van der Waals surface area (Å²) in [7, 11) is 1.41. The van der Waals surface area contributed by atoms with Crippen molar-refractivity contribution in [2.24, 2.45) is 5.92 Å². The lowest BCUT2D eigenvalue weighted by Gasteiger charge is -2.31. The van der Waals surface area contributed by atoms with E-state index in [1.54, 1.807) is 11.8 Å². The fourth-order valence-electron chi connectivity index (χ4n) is 2.61. The van der Waals surface area contributed by atoms with Gasteiger partial charge in [0.25, 0.3) is 5.91 Å². The van der Waals surface area contributed by atoms with Gasteiger partial charge in [0.2, 0.25) is 0 Å². The molecule has 1 aliphatic heterocycles. The number of carbonyl (C=O) groups is 2. The molecule has 1 heterocycles. The summed E-state index contributed by atoms with van der Waals surface area (Å²) in [6.07, 6.45) is 3.36. The van der Waals surface area contributed by atoms with Gasteiger partial charge in [0, 0.05) is 23.5 Å². The van der Waals surface area contributed by atoms with Gasteiger partial charge in [-0.05, 0) is 43.7 Å². The number of hydrogen-bond donors (Lipinski definition) is 0. The number of carbonyl (C=O) groups excluding carboxylic acids is 2. The molecule has 4 nitrogen and oxygen atoms in total. The number of ether oxygens (including phenoxy) is 1. The molecule has 1 aliphatic rings. The van der Waals surface area contributed by atoms with Crippen molar-refractivity contribution in [1.82, 2.24) is 4.90 Å². The van der Waals surface area contributed by atoms with Crippen LogP contribution in [0.5, 0.6) is 0 Å². The lowest BCUT2D eigenvalue weighted by atomic mass is 9.96. The van der Waals surface area contributed by atoms with Gasteiger partial charge in [-0.25, -0.2) is 0 Å². The number of piperidine rings is 1. The number of amides is 1. The van der Waals surface area contributed by atoms with E-state index in [-0.39, 0.29) is 17.8 Å². The van der Waals surface area contributed by atoms with Crippen LogP contribution in [-0.4, -0.2) is 43.2 Å². The first kappa shape index (κ1) is 15.9. The summed E-state index contributed by atoms with van der Waals surface area (Å²) < 4.78 is 4.77. The molecule has 5 heteroatoms. The third-order valence-electron chi connectivity index (χ3n) is 3.99. The van der Waals surface area contributed by atoms with Crippen molar-refractivity contribution in [3.8, 4) is 0 Å². The molecule has 21 heavy (non-hydrogen) atoms. The van der Waals surface area contributed by atoms with Crippen LogP contribution < -0.4 is 0 Å². The molecule has 0 aromatic heterocycles. The lowest BCUT2D eigenvalue weighted by molar-refractivity contribution is -0.146. The van der Waals surface area contributed by atoms with Crippen LogP contribution in [0.15, 0.2) is 23.1 Å². The van der Waals surface area contributed by atoms with Crippen LogP contribution in [0.2, 0.25) is 0 Å². The average molecular weight is 307 g/mol. The number of thioether (sulfide) groups is 1. The van der Waals surface area contributed by atoms with E-state index in [0.717, 1.165) is 16.0 Å². The van der Waals surface area contributed by atoms with Gasteiger partial charge in [0.1, 0.15) is 0 Å². The maximum atomic E-state index is 12.6. The molecule has 0 bridgehead atoms. The molecular weight excluding hydrogens is 286 g/mol. The number of benzene rings is 1. The first-order chi connectivity index (χ1) is 10.1. The second kappa shape index (κ2) is 6.98. The highest BCUT2D eigenvalue weighted by molar-refractivity contribution is 7.98. The maximum absolute atomic E-state index is 12.6. The van der Waals surface area contributed by atoms with Crippen molar-refractivity contribution in [3.63, 3.8) is 0 Å². The first-order valence-electron chi connectivity index (χ1n) is 7.08. The van der Waals surface area contributed by atoms with Gasteiger partial charge in [-0.1, -0.05) is 6.07 Å². The van der Waals surface area contributed by atoms with Gasteiger partial charge in [0.15, 0.2) is 0 Å². The van der Waals surface area contributed by atoms with Crippen molar-refractivity contribution < 1.29 is 14.3 Å². The minimum Gasteiger partial charge on any atom is -0.469 e. The van der Waals surface area contributed by atoms with Crippen LogP contribution in [-0.2, 0) is 9.53 Å². The Bertz CT molecular complexity index is 536. The SMILES string of the molecule is COC(=O)C1CCN(C(=O)c2cc(SC)ccc2C)CC1. The molecule has 1 aromatic carbocycles. The molecule has 0 aliphatic carbocycles. The predicted molar refractivity (Wildman–Crippen MR) is 83.6 cm³/mol. The maximum Gasteiger partial charge on any atom is 0.308 e. The first-order valence-corrected chi connectivity index (χ1v) is 8.31. The van der Waals surface area contributed by atoms with Crippen molar-refractivity contribution >= 4 is 23.6 Å². The smallest absolute Gasteiger partial charge is 0.308 e.